The number of hydrogen-bond donors (Lipinski definition) is 0. The molecule has 1 aliphatic carbocycles. The van der Waals surface area contributed by atoms with Gasteiger partial charge in [0, 0.05) is 11.0 Å². The molecule has 0 spiro atoms. The predicted molar refractivity (Wildman–Crippen MR) is 70.7 cm³/mol. The first-order chi connectivity index (χ1) is 7.71. The fourth-order valence-electron chi connectivity index (χ4n) is 2.59. The molecule has 17 heavy (non-hydrogen) atoms. The van der Waals surface area contributed by atoms with Crippen molar-refractivity contribution in [3.63, 3.8) is 0 Å². The van der Waals surface area contributed by atoms with Gasteiger partial charge in [0.25, 0.3) is 0 Å². The Morgan fingerprint density at radius 2 is 1.88 bits per heavy atom. The van der Waals surface area contributed by atoms with E-state index in [1.165, 1.54) is 12.8 Å². The van der Waals surface area contributed by atoms with Crippen LogP contribution in [0.2, 0.25) is 0 Å². The summed E-state index contributed by atoms with van der Waals surface area (Å²) in [4.78, 5) is 11.8. The summed E-state index contributed by atoms with van der Waals surface area (Å²) in [7, 11) is 0. The molecule has 0 heterocycles. The van der Waals surface area contributed by atoms with E-state index in [9.17, 15) is 4.79 Å². The van der Waals surface area contributed by atoms with E-state index >= 15 is 0 Å². The Kier molecular flexibility index (Phi) is 4.06. The van der Waals surface area contributed by atoms with Gasteiger partial charge in [0.15, 0.2) is 0 Å². The van der Waals surface area contributed by atoms with Crippen LogP contribution in [0.3, 0.4) is 0 Å². The Labute approximate surface area is 105 Å². The molecule has 1 saturated carbocycles. The van der Waals surface area contributed by atoms with Crippen molar-refractivity contribution in [2.75, 3.05) is 0 Å². The van der Waals surface area contributed by atoms with Crippen LogP contribution in [0.4, 0.5) is 0 Å². The Balaban J connectivity index is 2.96. The van der Waals surface area contributed by atoms with Crippen LogP contribution in [-0.2, 0) is 9.53 Å². The molecule has 1 fully saturated rings. The van der Waals surface area contributed by atoms with Crippen LogP contribution in [0, 0.1) is 11.3 Å². The Hall–Kier alpha value is -0.790. The zero-order chi connectivity index (χ0) is 13.3. The smallest absolute Gasteiger partial charge is 0.333 e. The molecule has 0 aromatic carbocycles. The van der Waals surface area contributed by atoms with Crippen molar-refractivity contribution in [1.82, 2.24) is 0 Å². The molecule has 0 amide bonds. The van der Waals surface area contributed by atoms with Crippen molar-refractivity contribution in [3.05, 3.63) is 12.2 Å². The zero-order valence-electron chi connectivity index (χ0n) is 11.9. The molecule has 98 valence electrons. The van der Waals surface area contributed by atoms with Gasteiger partial charge in [0.1, 0.15) is 5.60 Å². The third kappa shape index (κ3) is 2.72. The fourth-order valence-corrected chi connectivity index (χ4v) is 2.59. The Morgan fingerprint density at radius 3 is 2.41 bits per heavy atom. The van der Waals surface area contributed by atoms with Gasteiger partial charge in [0.2, 0.25) is 0 Å². The average molecular weight is 238 g/mol. The largest absolute Gasteiger partial charge is 0.455 e. The SMILES string of the molecule is C=C(C)C(=O)OC1(C)CCCCC(C)C1(C)C. The van der Waals surface area contributed by atoms with E-state index in [1.54, 1.807) is 6.92 Å². The minimum atomic E-state index is -0.376. The molecule has 1 rings (SSSR count). The topological polar surface area (TPSA) is 26.3 Å². The minimum absolute atomic E-state index is 0.00854. The molecule has 1 aliphatic rings. The van der Waals surface area contributed by atoms with Gasteiger partial charge < -0.3 is 4.74 Å². The molecule has 2 nitrogen and oxygen atoms in total. The molecule has 0 N–H and O–H groups in total. The molecule has 0 radical (unpaired) electrons. The lowest BCUT2D eigenvalue weighted by Gasteiger charge is -2.45. The lowest BCUT2D eigenvalue weighted by Crippen LogP contribution is -2.48. The van der Waals surface area contributed by atoms with Gasteiger partial charge >= 0.3 is 5.97 Å². The van der Waals surface area contributed by atoms with Gasteiger partial charge in [0.05, 0.1) is 0 Å². The van der Waals surface area contributed by atoms with E-state index < -0.39 is 0 Å². The molecule has 0 aliphatic heterocycles. The molecule has 0 saturated heterocycles. The van der Waals surface area contributed by atoms with Crippen molar-refractivity contribution in [2.24, 2.45) is 11.3 Å². The summed E-state index contributed by atoms with van der Waals surface area (Å²) >= 11 is 0. The van der Waals surface area contributed by atoms with Crippen molar-refractivity contribution in [1.29, 1.82) is 0 Å². The highest BCUT2D eigenvalue weighted by Crippen LogP contribution is 2.48. The normalized spacial score (nSPS) is 32.6. The van der Waals surface area contributed by atoms with Crippen LogP contribution in [0.1, 0.15) is 60.3 Å². The van der Waals surface area contributed by atoms with Crippen molar-refractivity contribution >= 4 is 5.97 Å². The summed E-state index contributed by atoms with van der Waals surface area (Å²) in [5.41, 5.74) is 0.118. The standard InChI is InChI=1S/C15H26O2/c1-11(2)13(16)17-15(6)10-8-7-9-12(3)14(15,4)5/h12H,1,7-10H2,2-6H3. The number of carbonyl (C=O) groups is 1. The molecule has 0 aromatic rings. The quantitative estimate of drug-likeness (QED) is 0.411. The predicted octanol–water partition coefficient (Wildman–Crippen LogP) is 4.10. The van der Waals surface area contributed by atoms with E-state index in [0.29, 0.717) is 11.5 Å². The van der Waals surface area contributed by atoms with Gasteiger partial charge in [-0.1, -0.05) is 40.2 Å². The van der Waals surface area contributed by atoms with Gasteiger partial charge in [-0.25, -0.2) is 4.79 Å². The third-order valence-corrected chi connectivity index (χ3v) is 4.80. The molecule has 2 atom stereocenters. The second-order valence-corrected chi connectivity index (χ2v) is 6.27. The summed E-state index contributed by atoms with van der Waals surface area (Å²) in [5, 5.41) is 0. The van der Waals surface area contributed by atoms with Gasteiger partial charge in [-0.2, -0.15) is 0 Å². The highest BCUT2D eigenvalue weighted by Gasteiger charge is 2.48. The van der Waals surface area contributed by atoms with E-state index in [-0.39, 0.29) is 17.0 Å². The molecule has 0 bridgehead atoms. The third-order valence-electron chi connectivity index (χ3n) is 4.80. The van der Waals surface area contributed by atoms with Crippen molar-refractivity contribution < 1.29 is 9.53 Å². The van der Waals surface area contributed by atoms with E-state index in [2.05, 4.69) is 34.3 Å². The summed E-state index contributed by atoms with van der Waals surface area (Å²) in [5.74, 6) is 0.308. The van der Waals surface area contributed by atoms with Gasteiger partial charge in [-0.15, -0.1) is 0 Å². The van der Waals surface area contributed by atoms with Crippen LogP contribution in [0.15, 0.2) is 12.2 Å². The zero-order valence-corrected chi connectivity index (χ0v) is 11.9. The highest BCUT2D eigenvalue weighted by molar-refractivity contribution is 5.87. The number of hydrogen-bond acceptors (Lipinski definition) is 2. The summed E-state index contributed by atoms with van der Waals surface area (Å²) in [6.07, 6.45) is 4.52. The van der Waals surface area contributed by atoms with E-state index in [0.717, 1.165) is 12.8 Å². The number of esters is 1. The average Bonchev–Trinajstić information content (AvgIpc) is 2.30. The van der Waals surface area contributed by atoms with E-state index in [4.69, 9.17) is 4.74 Å². The molecule has 0 aromatic heterocycles. The minimum Gasteiger partial charge on any atom is -0.455 e. The van der Waals surface area contributed by atoms with Crippen LogP contribution >= 0.6 is 0 Å². The monoisotopic (exact) mass is 238 g/mol. The summed E-state index contributed by atoms with van der Waals surface area (Å²) in [6.45, 7) is 14.1. The maximum Gasteiger partial charge on any atom is 0.333 e. The second kappa shape index (κ2) is 4.83. The van der Waals surface area contributed by atoms with Crippen LogP contribution in [0.25, 0.3) is 0 Å². The first-order valence-electron chi connectivity index (χ1n) is 6.59. The van der Waals surface area contributed by atoms with Crippen LogP contribution in [0.5, 0.6) is 0 Å². The summed E-state index contributed by atoms with van der Waals surface area (Å²) < 4.78 is 5.77. The van der Waals surface area contributed by atoms with Crippen LogP contribution in [-0.4, -0.2) is 11.6 Å². The first-order valence-corrected chi connectivity index (χ1v) is 6.59. The van der Waals surface area contributed by atoms with Gasteiger partial charge in [-0.05, 0) is 32.6 Å². The lowest BCUT2D eigenvalue weighted by molar-refractivity contribution is -0.171. The van der Waals surface area contributed by atoms with Crippen LogP contribution < -0.4 is 0 Å². The number of carbonyl (C=O) groups excluding carboxylic acids is 1. The number of ether oxygens (including phenoxy) is 1. The Bertz CT molecular complexity index is 317. The molecule has 2 heteroatoms. The fraction of sp³-hybridized carbons (Fsp3) is 0.800. The first kappa shape index (κ1) is 14.3. The molecular formula is C15H26O2. The van der Waals surface area contributed by atoms with Crippen molar-refractivity contribution in [3.8, 4) is 0 Å². The maximum atomic E-state index is 11.8. The van der Waals surface area contributed by atoms with Crippen molar-refractivity contribution in [2.45, 2.75) is 65.9 Å². The van der Waals surface area contributed by atoms with E-state index in [1.807, 2.05) is 0 Å². The molecular weight excluding hydrogens is 212 g/mol. The van der Waals surface area contributed by atoms with Gasteiger partial charge in [-0.3, -0.25) is 0 Å². The highest BCUT2D eigenvalue weighted by atomic mass is 16.6. The summed E-state index contributed by atoms with van der Waals surface area (Å²) in [6, 6.07) is 0. The number of rotatable bonds is 2. The Morgan fingerprint density at radius 1 is 1.29 bits per heavy atom. The lowest BCUT2D eigenvalue weighted by atomic mass is 9.67. The maximum absolute atomic E-state index is 11.8. The second-order valence-electron chi connectivity index (χ2n) is 6.27. The molecule has 2 unspecified atom stereocenters.